The van der Waals surface area contributed by atoms with E-state index in [0.29, 0.717) is 25.2 Å². The molecule has 3 heteroatoms. The Morgan fingerprint density at radius 2 is 2.15 bits per heavy atom. The molecule has 1 fully saturated rings. The maximum atomic E-state index is 9.92. The Morgan fingerprint density at radius 1 is 1.35 bits per heavy atom. The van der Waals surface area contributed by atoms with Gasteiger partial charge in [0, 0.05) is 13.0 Å². The average Bonchev–Trinajstić information content (AvgIpc) is 2.49. The summed E-state index contributed by atoms with van der Waals surface area (Å²) in [6.07, 6.45) is 14.3. The summed E-state index contributed by atoms with van der Waals surface area (Å²) in [4.78, 5) is 0. The minimum absolute atomic E-state index is 0.360. The number of unbranched alkanes of at least 4 members (excludes halogenated alkanes) is 2. The van der Waals surface area contributed by atoms with Crippen LogP contribution in [0, 0.1) is 18.3 Å². The van der Waals surface area contributed by atoms with E-state index in [9.17, 15) is 5.11 Å². The lowest BCUT2D eigenvalue weighted by atomic mass is 9.85. The van der Waals surface area contributed by atoms with Crippen LogP contribution in [0.3, 0.4) is 0 Å². The molecule has 0 aliphatic heterocycles. The third kappa shape index (κ3) is 7.28. The summed E-state index contributed by atoms with van der Waals surface area (Å²) >= 11 is 0. The van der Waals surface area contributed by atoms with Crippen molar-refractivity contribution >= 4 is 0 Å². The van der Waals surface area contributed by atoms with Gasteiger partial charge in [0.2, 0.25) is 0 Å². The summed E-state index contributed by atoms with van der Waals surface area (Å²) in [5, 5.41) is 13.2. The van der Waals surface area contributed by atoms with E-state index in [1.54, 1.807) is 0 Å². The summed E-state index contributed by atoms with van der Waals surface area (Å²) in [5.74, 6) is 3.32. The standard InChI is InChI=1S/C17H31NO2/c1-3-5-6-9-12-18-13-16(19)14-20-17-11-8-7-10-15(17)4-2/h1,15-19H,4-14H2,2H3. The minimum atomic E-state index is -0.401. The first-order valence-electron chi connectivity index (χ1n) is 8.21. The molecule has 3 atom stereocenters. The van der Waals surface area contributed by atoms with Gasteiger partial charge in [-0.1, -0.05) is 26.2 Å². The smallest absolute Gasteiger partial charge is 0.0897 e. The molecular weight excluding hydrogens is 250 g/mol. The van der Waals surface area contributed by atoms with Gasteiger partial charge >= 0.3 is 0 Å². The number of ether oxygens (including phenoxy) is 1. The molecule has 0 amide bonds. The molecule has 0 spiro atoms. The fraction of sp³-hybridized carbons (Fsp3) is 0.882. The van der Waals surface area contributed by atoms with Crippen LogP contribution in [0.2, 0.25) is 0 Å². The fourth-order valence-corrected chi connectivity index (χ4v) is 2.90. The predicted octanol–water partition coefficient (Wildman–Crippen LogP) is 2.73. The van der Waals surface area contributed by atoms with Crippen molar-refractivity contribution in [3.05, 3.63) is 0 Å². The van der Waals surface area contributed by atoms with Crippen LogP contribution in [0.1, 0.15) is 58.3 Å². The molecule has 3 nitrogen and oxygen atoms in total. The predicted molar refractivity (Wildman–Crippen MR) is 83.5 cm³/mol. The Kier molecular flexibility index (Phi) is 9.74. The molecule has 0 heterocycles. The van der Waals surface area contributed by atoms with Crippen molar-refractivity contribution < 1.29 is 9.84 Å². The Morgan fingerprint density at radius 3 is 2.90 bits per heavy atom. The number of aliphatic hydroxyl groups is 1. The van der Waals surface area contributed by atoms with E-state index in [4.69, 9.17) is 11.2 Å². The number of hydrogen-bond donors (Lipinski definition) is 2. The van der Waals surface area contributed by atoms with Crippen LogP contribution in [-0.2, 0) is 4.74 Å². The molecule has 1 saturated carbocycles. The summed E-state index contributed by atoms with van der Waals surface area (Å²) in [5.41, 5.74) is 0. The Labute approximate surface area is 124 Å². The number of rotatable bonds is 10. The van der Waals surface area contributed by atoms with Gasteiger partial charge in [0.05, 0.1) is 18.8 Å². The highest BCUT2D eigenvalue weighted by Gasteiger charge is 2.24. The van der Waals surface area contributed by atoms with Gasteiger partial charge in [0.1, 0.15) is 0 Å². The highest BCUT2D eigenvalue weighted by Crippen LogP contribution is 2.29. The second-order valence-corrected chi connectivity index (χ2v) is 5.84. The van der Waals surface area contributed by atoms with Gasteiger partial charge in [0.15, 0.2) is 0 Å². The first-order chi connectivity index (χ1) is 9.77. The topological polar surface area (TPSA) is 41.5 Å². The van der Waals surface area contributed by atoms with Crippen molar-refractivity contribution in [2.24, 2.45) is 5.92 Å². The van der Waals surface area contributed by atoms with E-state index in [1.807, 2.05) is 0 Å². The van der Waals surface area contributed by atoms with Gasteiger partial charge in [-0.25, -0.2) is 0 Å². The summed E-state index contributed by atoms with van der Waals surface area (Å²) in [7, 11) is 0. The number of terminal acetylenes is 1. The van der Waals surface area contributed by atoms with Crippen molar-refractivity contribution in [1.82, 2.24) is 5.32 Å². The maximum absolute atomic E-state index is 9.92. The van der Waals surface area contributed by atoms with Crippen molar-refractivity contribution in [3.63, 3.8) is 0 Å². The molecular formula is C17H31NO2. The van der Waals surface area contributed by atoms with Crippen LogP contribution < -0.4 is 5.32 Å². The fourth-order valence-electron chi connectivity index (χ4n) is 2.90. The van der Waals surface area contributed by atoms with E-state index in [1.165, 1.54) is 25.7 Å². The van der Waals surface area contributed by atoms with Crippen LogP contribution in [0.4, 0.5) is 0 Å². The van der Waals surface area contributed by atoms with E-state index >= 15 is 0 Å². The lowest BCUT2D eigenvalue weighted by Gasteiger charge is -2.31. The zero-order valence-electron chi connectivity index (χ0n) is 12.9. The van der Waals surface area contributed by atoms with Crippen LogP contribution in [0.5, 0.6) is 0 Å². The third-order valence-corrected chi connectivity index (χ3v) is 4.17. The number of aliphatic hydroxyl groups excluding tert-OH is 1. The number of nitrogens with one attached hydrogen (secondary N) is 1. The second-order valence-electron chi connectivity index (χ2n) is 5.84. The van der Waals surface area contributed by atoms with E-state index in [0.717, 1.165) is 32.2 Å². The molecule has 0 saturated heterocycles. The normalized spacial score (nSPS) is 24.2. The van der Waals surface area contributed by atoms with Crippen LogP contribution in [-0.4, -0.2) is 37.0 Å². The Hall–Kier alpha value is -0.560. The first kappa shape index (κ1) is 17.5. The lowest BCUT2D eigenvalue weighted by molar-refractivity contribution is -0.0498. The van der Waals surface area contributed by atoms with E-state index in [2.05, 4.69) is 18.2 Å². The molecule has 0 aromatic heterocycles. The molecule has 116 valence electrons. The van der Waals surface area contributed by atoms with Gasteiger partial charge < -0.3 is 15.2 Å². The quantitative estimate of drug-likeness (QED) is 0.478. The highest BCUT2D eigenvalue weighted by molar-refractivity contribution is 4.82. The molecule has 2 N–H and O–H groups in total. The molecule has 0 bridgehead atoms. The molecule has 3 unspecified atom stereocenters. The zero-order chi connectivity index (χ0) is 14.6. The van der Waals surface area contributed by atoms with Gasteiger partial charge in [-0.05, 0) is 38.1 Å². The molecule has 20 heavy (non-hydrogen) atoms. The monoisotopic (exact) mass is 281 g/mol. The molecule has 0 aromatic rings. The lowest BCUT2D eigenvalue weighted by Crippen LogP contribution is -2.35. The van der Waals surface area contributed by atoms with Gasteiger partial charge in [-0.2, -0.15) is 0 Å². The molecule has 0 aromatic carbocycles. The second kappa shape index (κ2) is 11.1. The van der Waals surface area contributed by atoms with Crippen LogP contribution >= 0.6 is 0 Å². The van der Waals surface area contributed by atoms with Crippen LogP contribution in [0.25, 0.3) is 0 Å². The van der Waals surface area contributed by atoms with E-state index in [-0.39, 0.29) is 0 Å². The van der Waals surface area contributed by atoms with Gasteiger partial charge in [-0.3, -0.25) is 0 Å². The summed E-state index contributed by atoms with van der Waals surface area (Å²) < 4.78 is 5.93. The largest absolute Gasteiger partial charge is 0.389 e. The Bertz CT molecular complexity index is 275. The summed E-state index contributed by atoms with van der Waals surface area (Å²) in [6, 6.07) is 0. The molecule has 0 radical (unpaired) electrons. The van der Waals surface area contributed by atoms with Crippen molar-refractivity contribution in [2.45, 2.75) is 70.5 Å². The van der Waals surface area contributed by atoms with Crippen molar-refractivity contribution in [2.75, 3.05) is 19.7 Å². The highest BCUT2D eigenvalue weighted by atomic mass is 16.5. The summed E-state index contributed by atoms with van der Waals surface area (Å²) in [6.45, 7) is 4.22. The molecule has 1 aliphatic rings. The van der Waals surface area contributed by atoms with E-state index < -0.39 is 6.10 Å². The average molecular weight is 281 g/mol. The zero-order valence-corrected chi connectivity index (χ0v) is 12.9. The Balaban J connectivity index is 2.04. The van der Waals surface area contributed by atoms with Gasteiger partial charge in [-0.15, -0.1) is 12.3 Å². The number of hydrogen-bond acceptors (Lipinski definition) is 3. The minimum Gasteiger partial charge on any atom is -0.389 e. The maximum Gasteiger partial charge on any atom is 0.0897 e. The molecule has 1 rings (SSSR count). The first-order valence-corrected chi connectivity index (χ1v) is 8.21. The molecule has 1 aliphatic carbocycles. The third-order valence-electron chi connectivity index (χ3n) is 4.17. The van der Waals surface area contributed by atoms with Gasteiger partial charge in [0.25, 0.3) is 0 Å². The van der Waals surface area contributed by atoms with Crippen LogP contribution in [0.15, 0.2) is 0 Å². The van der Waals surface area contributed by atoms with Crippen molar-refractivity contribution in [3.8, 4) is 12.3 Å². The van der Waals surface area contributed by atoms with Crippen molar-refractivity contribution in [1.29, 1.82) is 0 Å². The SMILES string of the molecule is C#CCCCCNCC(O)COC1CCCCC1CC.